The molecule has 0 amide bonds. The third kappa shape index (κ3) is 13.2. The molecule has 1 unspecified atom stereocenters. The van der Waals surface area contributed by atoms with Crippen molar-refractivity contribution in [3.8, 4) is 5.75 Å². The van der Waals surface area contributed by atoms with Crippen molar-refractivity contribution in [2.24, 2.45) is 5.92 Å². The Morgan fingerprint density at radius 1 is 1.26 bits per heavy atom. The molecule has 0 spiro atoms. The minimum atomic E-state index is -0.745. The standard InChI is InChI=1S/C18H29NO3.C3H6O2/c1-14(2)19-11-17(20)13-22-18-7-5-15(6-8-18)9-10-21-12-16-3-4-16;1-2-3(4)5/h5-8,14,16-17,19-20H,3-4,9-13H2,1-2H3;2H2,1H3,(H,4,5). The molecule has 6 nitrogen and oxygen atoms in total. The number of aliphatic hydroxyl groups is 1. The maximum atomic E-state index is 9.80. The van der Waals surface area contributed by atoms with Crippen LogP contribution in [0, 0.1) is 5.92 Å². The Labute approximate surface area is 162 Å². The summed E-state index contributed by atoms with van der Waals surface area (Å²) in [6.45, 7) is 8.28. The van der Waals surface area contributed by atoms with Crippen LogP contribution in [0.4, 0.5) is 0 Å². The zero-order chi connectivity index (χ0) is 20.1. The van der Waals surface area contributed by atoms with Crippen molar-refractivity contribution in [2.75, 3.05) is 26.4 Å². The van der Waals surface area contributed by atoms with Crippen LogP contribution in [0.3, 0.4) is 0 Å². The molecule has 1 fully saturated rings. The molecule has 3 N–H and O–H groups in total. The van der Waals surface area contributed by atoms with E-state index in [9.17, 15) is 9.90 Å². The Balaban J connectivity index is 0.000000646. The molecule has 0 aliphatic heterocycles. The molecule has 1 saturated carbocycles. The first kappa shape index (κ1) is 23.4. The van der Waals surface area contributed by atoms with Gasteiger partial charge >= 0.3 is 5.97 Å². The van der Waals surface area contributed by atoms with Gasteiger partial charge in [0.2, 0.25) is 0 Å². The molecule has 154 valence electrons. The van der Waals surface area contributed by atoms with E-state index < -0.39 is 12.1 Å². The highest BCUT2D eigenvalue weighted by molar-refractivity contribution is 5.66. The fourth-order valence-electron chi connectivity index (χ4n) is 2.10. The lowest BCUT2D eigenvalue weighted by Crippen LogP contribution is -2.35. The van der Waals surface area contributed by atoms with Crippen molar-refractivity contribution >= 4 is 5.97 Å². The summed E-state index contributed by atoms with van der Waals surface area (Å²) in [5, 5.41) is 20.7. The van der Waals surface area contributed by atoms with Crippen molar-refractivity contribution in [3.63, 3.8) is 0 Å². The number of hydrogen-bond donors (Lipinski definition) is 3. The number of aliphatic carboxylic acids is 1. The van der Waals surface area contributed by atoms with Crippen LogP contribution in [0.1, 0.15) is 45.6 Å². The molecule has 1 aromatic rings. The summed E-state index contributed by atoms with van der Waals surface area (Å²) >= 11 is 0. The number of benzene rings is 1. The van der Waals surface area contributed by atoms with Crippen LogP contribution in [-0.2, 0) is 16.0 Å². The van der Waals surface area contributed by atoms with E-state index in [4.69, 9.17) is 14.6 Å². The summed E-state index contributed by atoms with van der Waals surface area (Å²) in [6.07, 6.45) is 3.35. The van der Waals surface area contributed by atoms with Gasteiger partial charge in [-0.1, -0.05) is 32.9 Å². The van der Waals surface area contributed by atoms with Crippen LogP contribution in [0.25, 0.3) is 0 Å². The molecule has 1 atom stereocenters. The van der Waals surface area contributed by atoms with Gasteiger partial charge < -0.3 is 25.0 Å². The molecule has 0 heterocycles. The molecule has 0 radical (unpaired) electrons. The zero-order valence-corrected chi connectivity index (χ0v) is 16.8. The first-order valence-corrected chi connectivity index (χ1v) is 9.83. The number of carboxylic acids is 1. The first-order chi connectivity index (χ1) is 12.9. The molecule has 6 heteroatoms. The number of carboxylic acid groups (broad SMARTS) is 1. The summed E-state index contributed by atoms with van der Waals surface area (Å²) < 4.78 is 11.2. The molecule has 1 aliphatic carbocycles. The predicted molar refractivity (Wildman–Crippen MR) is 106 cm³/mol. The monoisotopic (exact) mass is 381 g/mol. The van der Waals surface area contributed by atoms with Gasteiger partial charge in [0.05, 0.1) is 6.61 Å². The second-order valence-electron chi connectivity index (χ2n) is 7.19. The van der Waals surface area contributed by atoms with Crippen LogP contribution in [0.15, 0.2) is 24.3 Å². The maximum Gasteiger partial charge on any atom is 0.303 e. The molecular weight excluding hydrogens is 346 g/mol. The SMILES string of the molecule is CC(C)NCC(O)COc1ccc(CCOCC2CC2)cc1.CCC(=O)O. The van der Waals surface area contributed by atoms with Crippen molar-refractivity contribution in [1.29, 1.82) is 0 Å². The third-order valence-electron chi connectivity index (χ3n) is 4.02. The maximum absolute atomic E-state index is 9.80. The first-order valence-electron chi connectivity index (χ1n) is 9.83. The van der Waals surface area contributed by atoms with Crippen LogP contribution < -0.4 is 10.1 Å². The second kappa shape index (κ2) is 13.5. The van der Waals surface area contributed by atoms with Gasteiger partial charge in [0.1, 0.15) is 18.5 Å². The molecule has 0 aromatic heterocycles. The Hall–Kier alpha value is -1.63. The normalized spacial score (nSPS) is 14.4. The lowest BCUT2D eigenvalue weighted by atomic mass is 10.1. The van der Waals surface area contributed by atoms with E-state index in [1.807, 2.05) is 12.1 Å². The molecule has 1 aromatic carbocycles. The van der Waals surface area contributed by atoms with Crippen LogP contribution in [-0.4, -0.2) is 54.7 Å². The van der Waals surface area contributed by atoms with E-state index in [0.29, 0.717) is 19.2 Å². The summed E-state index contributed by atoms with van der Waals surface area (Å²) in [6, 6.07) is 8.41. The van der Waals surface area contributed by atoms with E-state index in [1.165, 1.54) is 18.4 Å². The largest absolute Gasteiger partial charge is 0.491 e. The molecule has 1 aliphatic rings. The number of nitrogens with one attached hydrogen (secondary N) is 1. The number of rotatable bonds is 12. The van der Waals surface area contributed by atoms with Crippen molar-refractivity contribution in [2.45, 2.75) is 58.6 Å². The van der Waals surface area contributed by atoms with E-state index in [1.54, 1.807) is 6.92 Å². The highest BCUT2D eigenvalue weighted by Crippen LogP contribution is 2.28. The summed E-state index contributed by atoms with van der Waals surface area (Å²) in [5.74, 6) is 0.878. The van der Waals surface area contributed by atoms with Gasteiger partial charge in [-0.25, -0.2) is 0 Å². The minimum Gasteiger partial charge on any atom is -0.491 e. The van der Waals surface area contributed by atoms with E-state index in [0.717, 1.165) is 31.3 Å². The fourth-order valence-corrected chi connectivity index (χ4v) is 2.10. The lowest BCUT2D eigenvalue weighted by Gasteiger charge is -2.15. The molecule has 0 saturated heterocycles. The molecule has 0 bridgehead atoms. The average molecular weight is 382 g/mol. The van der Waals surface area contributed by atoms with Gasteiger partial charge in [0.15, 0.2) is 0 Å². The van der Waals surface area contributed by atoms with Gasteiger partial charge in [0.25, 0.3) is 0 Å². The Morgan fingerprint density at radius 3 is 2.41 bits per heavy atom. The molecule has 27 heavy (non-hydrogen) atoms. The minimum absolute atomic E-state index is 0.222. The van der Waals surface area contributed by atoms with Gasteiger partial charge in [-0.2, -0.15) is 0 Å². The highest BCUT2D eigenvalue weighted by Gasteiger charge is 2.20. The van der Waals surface area contributed by atoms with E-state index in [-0.39, 0.29) is 6.42 Å². The smallest absolute Gasteiger partial charge is 0.303 e. The predicted octanol–water partition coefficient (Wildman–Crippen LogP) is 2.87. The van der Waals surface area contributed by atoms with Gasteiger partial charge in [-0.05, 0) is 42.9 Å². The second-order valence-corrected chi connectivity index (χ2v) is 7.19. The summed E-state index contributed by atoms with van der Waals surface area (Å²) in [7, 11) is 0. The number of carbonyl (C=O) groups is 1. The van der Waals surface area contributed by atoms with Gasteiger partial charge in [-0.3, -0.25) is 4.79 Å². The molecule has 2 rings (SSSR count). The number of aliphatic hydroxyl groups excluding tert-OH is 1. The van der Waals surface area contributed by atoms with Crippen molar-refractivity contribution in [1.82, 2.24) is 5.32 Å². The Bertz CT molecular complexity index is 514. The van der Waals surface area contributed by atoms with Crippen molar-refractivity contribution < 1.29 is 24.5 Å². The lowest BCUT2D eigenvalue weighted by molar-refractivity contribution is -0.136. The fraction of sp³-hybridized carbons (Fsp3) is 0.667. The van der Waals surface area contributed by atoms with Crippen LogP contribution in [0.5, 0.6) is 5.75 Å². The van der Waals surface area contributed by atoms with E-state index >= 15 is 0 Å². The zero-order valence-electron chi connectivity index (χ0n) is 16.8. The molecular formula is C21H35NO5. The van der Waals surface area contributed by atoms with Gasteiger partial charge in [0, 0.05) is 25.6 Å². The topological polar surface area (TPSA) is 88.0 Å². The Kier molecular flexibility index (Phi) is 11.7. The van der Waals surface area contributed by atoms with Crippen LogP contribution in [0.2, 0.25) is 0 Å². The Morgan fingerprint density at radius 2 is 1.89 bits per heavy atom. The number of ether oxygens (including phenoxy) is 2. The number of hydrogen-bond acceptors (Lipinski definition) is 5. The third-order valence-corrected chi connectivity index (χ3v) is 4.02. The van der Waals surface area contributed by atoms with Gasteiger partial charge in [-0.15, -0.1) is 0 Å². The average Bonchev–Trinajstić information content (AvgIpc) is 3.47. The summed E-state index contributed by atoms with van der Waals surface area (Å²) in [4.78, 5) is 9.37. The van der Waals surface area contributed by atoms with Crippen molar-refractivity contribution in [3.05, 3.63) is 29.8 Å². The quantitative estimate of drug-likeness (QED) is 0.483. The van der Waals surface area contributed by atoms with Crippen LogP contribution >= 0.6 is 0 Å². The van der Waals surface area contributed by atoms with E-state index in [2.05, 4.69) is 31.3 Å². The summed E-state index contributed by atoms with van der Waals surface area (Å²) in [5.41, 5.74) is 1.25. The highest BCUT2D eigenvalue weighted by atomic mass is 16.5.